The monoisotopic (exact) mass is 418 g/mol. The Kier molecular flexibility index (Phi) is 8.20. The van der Waals surface area contributed by atoms with Gasteiger partial charge in [-0.1, -0.05) is 32.0 Å². The minimum Gasteiger partial charge on any atom is -0.459 e. The number of benzene rings is 1. The summed E-state index contributed by atoms with van der Waals surface area (Å²) in [5.74, 6) is 0.753. The lowest BCUT2D eigenvalue weighted by atomic mass is 10.0. The summed E-state index contributed by atoms with van der Waals surface area (Å²) in [6, 6.07) is 11.5. The fourth-order valence-electron chi connectivity index (χ4n) is 2.52. The number of alkyl carbamates (subject to hydrolysis) is 1. The van der Waals surface area contributed by atoms with Crippen molar-refractivity contribution in [3.63, 3.8) is 0 Å². The molecule has 2 amide bonds. The van der Waals surface area contributed by atoms with Crippen molar-refractivity contribution < 1.29 is 18.7 Å². The third-order valence-electron chi connectivity index (χ3n) is 4.08. The van der Waals surface area contributed by atoms with Gasteiger partial charge in [0.25, 0.3) is 5.91 Å². The first-order valence-electron chi connectivity index (χ1n) is 9.67. The zero-order valence-electron chi connectivity index (χ0n) is 17.7. The number of amides is 2. The second-order valence-electron chi connectivity index (χ2n) is 8.08. The molecule has 0 bridgehead atoms. The highest BCUT2D eigenvalue weighted by molar-refractivity contribution is 7.98. The Morgan fingerprint density at radius 1 is 1.14 bits per heavy atom. The summed E-state index contributed by atoms with van der Waals surface area (Å²) >= 11 is 1.64. The maximum Gasteiger partial charge on any atom is 0.407 e. The minimum atomic E-state index is -0.575. The number of carbonyl (C=O) groups is 2. The average Bonchev–Trinajstić information content (AvgIpc) is 3.11. The highest BCUT2D eigenvalue weighted by atomic mass is 32.2. The normalized spacial score (nSPS) is 12.5. The van der Waals surface area contributed by atoms with E-state index in [-0.39, 0.29) is 24.4 Å². The Morgan fingerprint density at radius 3 is 2.45 bits per heavy atom. The van der Waals surface area contributed by atoms with E-state index in [1.54, 1.807) is 11.8 Å². The lowest BCUT2D eigenvalue weighted by Crippen LogP contribution is -2.48. The molecule has 29 heavy (non-hydrogen) atoms. The fourth-order valence-corrected chi connectivity index (χ4v) is 3.42. The Bertz CT molecular complexity index is 797. The molecule has 1 atom stereocenters. The van der Waals surface area contributed by atoms with Crippen LogP contribution >= 0.6 is 11.8 Å². The van der Waals surface area contributed by atoms with Crippen molar-refractivity contribution in [2.45, 2.75) is 56.9 Å². The fraction of sp³-hybridized carbons (Fsp3) is 0.455. The molecule has 0 radical (unpaired) electrons. The van der Waals surface area contributed by atoms with Crippen LogP contribution in [0.3, 0.4) is 0 Å². The number of rotatable bonds is 8. The predicted molar refractivity (Wildman–Crippen MR) is 115 cm³/mol. The van der Waals surface area contributed by atoms with E-state index in [4.69, 9.17) is 9.15 Å². The van der Waals surface area contributed by atoms with Gasteiger partial charge in [0.1, 0.15) is 5.60 Å². The van der Waals surface area contributed by atoms with Gasteiger partial charge in [-0.25, -0.2) is 4.79 Å². The van der Waals surface area contributed by atoms with Gasteiger partial charge in [-0.2, -0.15) is 0 Å². The van der Waals surface area contributed by atoms with Crippen molar-refractivity contribution in [1.82, 2.24) is 10.6 Å². The molecule has 0 fully saturated rings. The molecule has 0 aliphatic carbocycles. The van der Waals surface area contributed by atoms with Gasteiger partial charge >= 0.3 is 6.09 Å². The van der Waals surface area contributed by atoms with Crippen LogP contribution in [0.25, 0.3) is 0 Å². The average molecular weight is 419 g/mol. The summed E-state index contributed by atoms with van der Waals surface area (Å²) < 4.78 is 10.7. The standard InChI is InChI=1S/C22H30N2O4S/c1-15(2)18(24-21(26)28-22(3,4)5)13-23-20(25)19-16(11-12-27-19)14-29-17-9-7-6-8-10-17/h6-12,15,18H,13-14H2,1-5H3,(H,23,25)(H,24,26). The van der Waals surface area contributed by atoms with Crippen LogP contribution in [0.2, 0.25) is 0 Å². The summed E-state index contributed by atoms with van der Waals surface area (Å²) in [4.78, 5) is 25.8. The van der Waals surface area contributed by atoms with Crippen molar-refractivity contribution in [1.29, 1.82) is 0 Å². The molecular formula is C22H30N2O4S. The van der Waals surface area contributed by atoms with Gasteiger partial charge in [0.2, 0.25) is 0 Å². The van der Waals surface area contributed by atoms with Crippen LogP contribution in [0.1, 0.15) is 50.7 Å². The molecule has 1 unspecified atom stereocenters. The number of nitrogens with one attached hydrogen (secondary N) is 2. The van der Waals surface area contributed by atoms with Gasteiger partial charge in [-0.15, -0.1) is 11.8 Å². The van der Waals surface area contributed by atoms with Gasteiger partial charge in [-0.05, 0) is 44.9 Å². The van der Waals surface area contributed by atoms with Crippen LogP contribution in [-0.4, -0.2) is 30.2 Å². The van der Waals surface area contributed by atoms with Crippen molar-refractivity contribution in [3.05, 3.63) is 54.0 Å². The molecule has 2 N–H and O–H groups in total. The largest absolute Gasteiger partial charge is 0.459 e. The second kappa shape index (κ2) is 10.4. The number of carbonyl (C=O) groups excluding carboxylic acids is 2. The number of hydrogen-bond acceptors (Lipinski definition) is 5. The molecule has 0 saturated carbocycles. The smallest absolute Gasteiger partial charge is 0.407 e. The number of ether oxygens (including phenoxy) is 1. The molecule has 1 heterocycles. The molecular weight excluding hydrogens is 388 g/mol. The molecule has 0 aliphatic heterocycles. The van der Waals surface area contributed by atoms with Gasteiger partial charge < -0.3 is 19.8 Å². The van der Waals surface area contributed by atoms with E-state index in [0.29, 0.717) is 11.5 Å². The topological polar surface area (TPSA) is 80.6 Å². The first-order valence-corrected chi connectivity index (χ1v) is 10.7. The molecule has 1 aromatic carbocycles. The van der Waals surface area contributed by atoms with E-state index >= 15 is 0 Å². The third-order valence-corrected chi connectivity index (χ3v) is 5.14. The number of thioether (sulfide) groups is 1. The lowest BCUT2D eigenvalue weighted by molar-refractivity contribution is 0.0487. The molecule has 6 nitrogen and oxygen atoms in total. The van der Waals surface area contributed by atoms with E-state index < -0.39 is 11.7 Å². The van der Waals surface area contributed by atoms with Crippen molar-refractivity contribution >= 4 is 23.8 Å². The predicted octanol–water partition coefficient (Wildman–Crippen LogP) is 4.85. The Hall–Kier alpha value is -2.41. The molecule has 0 saturated heterocycles. The maximum absolute atomic E-state index is 12.6. The Labute approximate surface area is 176 Å². The summed E-state index contributed by atoms with van der Waals surface area (Å²) in [6.45, 7) is 9.66. The van der Waals surface area contributed by atoms with E-state index in [9.17, 15) is 9.59 Å². The Morgan fingerprint density at radius 2 is 1.83 bits per heavy atom. The van der Waals surface area contributed by atoms with Gasteiger partial charge in [0, 0.05) is 22.8 Å². The van der Waals surface area contributed by atoms with Gasteiger partial charge in [0.05, 0.1) is 12.3 Å². The summed E-state index contributed by atoms with van der Waals surface area (Å²) in [6.07, 6.45) is 1.03. The van der Waals surface area contributed by atoms with Crippen molar-refractivity contribution in [2.24, 2.45) is 5.92 Å². The van der Waals surface area contributed by atoms with E-state index in [0.717, 1.165) is 10.5 Å². The van der Waals surface area contributed by atoms with E-state index in [2.05, 4.69) is 10.6 Å². The van der Waals surface area contributed by atoms with Crippen LogP contribution in [0, 0.1) is 5.92 Å². The third kappa shape index (κ3) is 7.85. The highest BCUT2D eigenvalue weighted by Gasteiger charge is 2.23. The van der Waals surface area contributed by atoms with Crippen LogP contribution in [0.15, 0.2) is 52.0 Å². The second-order valence-corrected chi connectivity index (χ2v) is 9.13. The van der Waals surface area contributed by atoms with Crippen LogP contribution < -0.4 is 10.6 Å². The Balaban J connectivity index is 1.92. The molecule has 158 valence electrons. The van der Waals surface area contributed by atoms with Crippen molar-refractivity contribution in [2.75, 3.05) is 6.54 Å². The first-order chi connectivity index (χ1) is 13.7. The number of hydrogen-bond donors (Lipinski definition) is 2. The van der Waals surface area contributed by atoms with E-state index in [1.807, 2.05) is 71.0 Å². The summed E-state index contributed by atoms with van der Waals surface area (Å²) in [7, 11) is 0. The quantitative estimate of drug-likeness (QED) is 0.599. The van der Waals surface area contributed by atoms with Crippen LogP contribution in [-0.2, 0) is 10.5 Å². The van der Waals surface area contributed by atoms with Crippen LogP contribution in [0.4, 0.5) is 4.79 Å². The molecule has 2 aromatic rings. The highest BCUT2D eigenvalue weighted by Crippen LogP contribution is 2.24. The first kappa shape index (κ1) is 22.9. The SMILES string of the molecule is CC(C)C(CNC(=O)c1occc1CSc1ccccc1)NC(=O)OC(C)(C)C. The van der Waals surface area contributed by atoms with Gasteiger partial charge in [-0.3, -0.25) is 4.79 Å². The molecule has 2 rings (SSSR count). The van der Waals surface area contributed by atoms with Crippen LogP contribution in [0.5, 0.6) is 0 Å². The minimum absolute atomic E-state index is 0.118. The number of furan rings is 1. The zero-order valence-corrected chi connectivity index (χ0v) is 18.5. The molecule has 0 spiro atoms. The van der Waals surface area contributed by atoms with E-state index in [1.165, 1.54) is 6.26 Å². The van der Waals surface area contributed by atoms with Gasteiger partial charge in [0.15, 0.2) is 5.76 Å². The van der Waals surface area contributed by atoms with Crippen molar-refractivity contribution in [3.8, 4) is 0 Å². The molecule has 0 aliphatic rings. The molecule has 1 aromatic heterocycles. The zero-order chi connectivity index (χ0) is 21.4. The summed E-state index contributed by atoms with van der Waals surface area (Å²) in [5, 5.41) is 5.69. The maximum atomic E-state index is 12.6. The molecule has 7 heteroatoms. The summed E-state index contributed by atoms with van der Waals surface area (Å²) in [5.41, 5.74) is 0.256. The lowest BCUT2D eigenvalue weighted by Gasteiger charge is -2.26.